The van der Waals surface area contributed by atoms with Gasteiger partial charge in [0.05, 0.1) is 12.3 Å². The molecule has 0 aromatic heterocycles. The van der Waals surface area contributed by atoms with Crippen LogP contribution in [0, 0.1) is 5.82 Å². The fourth-order valence-electron chi connectivity index (χ4n) is 3.36. The minimum absolute atomic E-state index is 0.302. The Morgan fingerprint density at radius 3 is 2.73 bits per heavy atom. The molecule has 0 saturated carbocycles. The van der Waals surface area contributed by atoms with Crippen molar-refractivity contribution in [1.82, 2.24) is 0 Å². The summed E-state index contributed by atoms with van der Waals surface area (Å²) >= 11 is 5.98. The number of rotatable bonds is 3. The Balaban J connectivity index is 1.68. The van der Waals surface area contributed by atoms with Gasteiger partial charge < -0.3 is 5.11 Å². The lowest BCUT2D eigenvalue weighted by Gasteiger charge is -2.29. The third-order valence-corrected chi connectivity index (χ3v) is 5.02. The standard InChI is InChI=1S/C20H17ClFN3O/c1-13-20(14-5-7-15(21)8-6-14)23-19-9-10-24(12-25(13)19)18-4-2-3-17(22)16(18)11-26/h2-10,26H,11-12H2,1H3/p+1. The lowest BCUT2D eigenvalue weighted by molar-refractivity contribution is -0.757. The van der Waals surface area contributed by atoms with Crippen LogP contribution in [-0.4, -0.2) is 17.6 Å². The highest BCUT2D eigenvalue weighted by molar-refractivity contribution is 6.30. The molecular formula is C20H18ClFN3O+. The highest BCUT2D eigenvalue weighted by atomic mass is 35.5. The van der Waals surface area contributed by atoms with E-state index in [4.69, 9.17) is 16.6 Å². The van der Waals surface area contributed by atoms with Gasteiger partial charge in [-0.15, -0.1) is 0 Å². The number of anilines is 1. The topological polar surface area (TPSA) is 40.3 Å². The summed E-state index contributed by atoms with van der Waals surface area (Å²) in [7, 11) is 0. The molecule has 2 aromatic carbocycles. The first-order valence-corrected chi connectivity index (χ1v) is 8.71. The summed E-state index contributed by atoms with van der Waals surface area (Å²) < 4.78 is 14.0. The molecule has 2 N–H and O–H groups in total. The molecule has 0 bridgehead atoms. The van der Waals surface area contributed by atoms with Gasteiger partial charge in [0.25, 0.3) is 0 Å². The quantitative estimate of drug-likeness (QED) is 0.872. The first-order valence-electron chi connectivity index (χ1n) is 8.33. The number of aliphatic hydroxyl groups is 1. The van der Waals surface area contributed by atoms with Gasteiger partial charge in [0.1, 0.15) is 17.2 Å². The van der Waals surface area contributed by atoms with E-state index in [1.807, 2.05) is 54.4 Å². The Morgan fingerprint density at radius 1 is 1.23 bits per heavy atom. The molecule has 0 spiro atoms. The predicted octanol–water partition coefficient (Wildman–Crippen LogP) is 2.95. The Bertz CT molecular complexity index is 950. The smallest absolute Gasteiger partial charge is 0.234 e. The molecule has 4 nitrogen and oxygen atoms in total. The van der Waals surface area contributed by atoms with Crippen molar-refractivity contribution in [3.8, 4) is 0 Å². The number of aliphatic imine (C=N–C) groups is 1. The Labute approximate surface area is 156 Å². The minimum Gasteiger partial charge on any atom is -0.391 e. The number of halogens is 2. The highest BCUT2D eigenvalue weighted by Crippen LogP contribution is 2.26. The first kappa shape index (κ1) is 17.0. The molecule has 1 unspecified atom stereocenters. The van der Waals surface area contributed by atoms with Gasteiger partial charge in [-0.05, 0) is 24.3 Å². The number of hydrogen-bond donors (Lipinski definition) is 2. The monoisotopic (exact) mass is 370 g/mol. The molecule has 0 fully saturated rings. The maximum absolute atomic E-state index is 14.0. The average molecular weight is 371 g/mol. The summed E-state index contributed by atoms with van der Waals surface area (Å²) in [5, 5.41) is 10.2. The largest absolute Gasteiger partial charge is 0.391 e. The second-order valence-corrected chi connectivity index (χ2v) is 6.73. The fourth-order valence-corrected chi connectivity index (χ4v) is 3.48. The molecule has 0 saturated heterocycles. The molecule has 4 rings (SSSR count). The van der Waals surface area contributed by atoms with E-state index in [2.05, 4.69) is 0 Å². The first-order chi connectivity index (χ1) is 12.6. The Hall–Kier alpha value is -2.47. The molecule has 0 aliphatic carbocycles. The zero-order valence-electron chi connectivity index (χ0n) is 14.2. The maximum Gasteiger partial charge on any atom is 0.234 e. The van der Waals surface area contributed by atoms with E-state index >= 15 is 0 Å². The van der Waals surface area contributed by atoms with Crippen LogP contribution in [0.25, 0.3) is 5.70 Å². The van der Waals surface area contributed by atoms with Crippen LogP contribution in [0.3, 0.4) is 0 Å². The highest BCUT2D eigenvalue weighted by Gasteiger charge is 2.33. The fraction of sp³-hybridized carbons (Fsp3) is 0.150. The van der Waals surface area contributed by atoms with E-state index in [9.17, 15) is 9.50 Å². The van der Waals surface area contributed by atoms with E-state index in [1.54, 1.807) is 6.07 Å². The second kappa shape index (κ2) is 6.68. The number of amidine groups is 1. The zero-order chi connectivity index (χ0) is 18.3. The number of fused-ring (bicyclic) bond motifs is 1. The minimum atomic E-state index is -0.400. The van der Waals surface area contributed by atoms with Crippen LogP contribution >= 0.6 is 11.6 Å². The molecule has 26 heavy (non-hydrogen) atoms. The lowest BCUT2D eigenvalue weighted by Crippen LogP contribution is -3.13. The van der Waals surface area contributed by atoms with Gasteiger partial charge in [-0.25, -0.2) is 9.29 Å². The van der Waals surface area contributed by atoms with Gasteiger partial charge in [-0.3, -0.25) is 4.90 Å². The van der Waals surface area contributed by atoms with Crippen LogP contribution in [0.1, 0.15) is 18.1 Å². The molecule has 2 aliphatic rings. The zero-order valence-corrected chi connectivity index (χ0v) is 15.0. The molecule has 1 atom stereocenters. The molecule has 2 aliphatic heterocycles. The van der Waals surface area contributed by atoms with Crippen LogP contribution in [0.15, 0.2) is 65.4 Å². The van der Waals surface area contributed by atoms with Crippen LogP contribution in [0.2, 0.25) is 5.02 Å². The normalized spacial score (nSPS) is 19.0. The molecule has 132 valence electrons. The van der Waals surface area contributed by atoms with Gasteiger partial charge in [0.15, 0.2) is 6.67 Å². The van der Waals surface area contributed by atoms with E-state index in [-0.39, 0.29) is 6.61 Å². The number of allylic oxidation sites excluding steroid dienone is 1. The predicted molar refractivity (Wildman–Crippen MR) is 101 cm³/mol. The van der Waals surface area contributed by atoms with Crippen molar-refractivity contribution in [2.75, 3.05) is 11.6 Å². The number of aliphatic hydroxyl groups excluding tert-OH is 1. The molecule has 2 aromatic rings. The van der Waals surface area contributed by atoms with Crippen molar-refractivity contribution in [3.63, 3.8) is 0 Å². The summed E-state index contributed by atoms with van der Waals surface area (Å²) in [6.07, 6.45) is 3.81. The van der Waals surface area contributed by atoms with Gasteiger partial charge in [0.2, 0.25) is 5.84 Å². The number of nitrogens with zero attached hydrogens (tertiary/aromatic N) is 2. The van der Waals surface area contributed by atoms with Crippen LogP contribution < -0.4 is 9.80 Å². The van der Waals surface area contributed by atoms with E-state index in [0.29, 0.717) is 22.9 Å². The third-order valence-electron chi connectivity index (χ3n) is 4.77. The summed E-state index contributed by atoms with van der Waals surface area (Å²) in [5.41, 5.74) is 4.01. The second-order valence-electron chi connectivity index (χ2n) is 6.30. The maximum atomic E-state index is 14.0. The van der Waals surface area contributed by atoms with Crippen molar-refractivity contribution in [2.24, 2.45) is 4.99 Å². The summed E-state index contributed by atoms with van der Waals surface area (Å²) in [6.45, 7) is 2.29. The Morgan fingerprint density at radius 2 is 2.00 bits per heavy atom. The number of quaternary nitrogens is 1. The van der Waals surface area contributed by atoms with Crippen LogP contribution in [-0.2, 0) is 6.61 Å². The number of hydrogen-bond acceptors (Lipinski definition) is 3. The molecular weight excluding hydrogens is 353 g/mol. The summed E-state index contributed by atoms with van der Waals surface area (Å²) in [4.78, 5) is 7.80. The average Bonchev–Trinajstić information content (AvgIpc) is 2.98. The van der Waals surface area contributed by atoms with Crippen molar-refractivity contribution >= 4 is 28.8 Å². The van der Waals surface area contributed by atoms with E-state index < -0.39 is 5.82 Å². The number of nitrogens with one attached hydrogen (secondary N) is 1. The Kier molecular flexibility index (Phi) is 4.36. The third kappa shape index (κ3) is 2.84. The molecule has 2 heterocycles. The number of benzene rings is 2. The van der Waals surface area contributed by atoms with Crippen molar-refractivity contribution < 1.29 is 14.4 Å². The van der Waals surface area contributed by atoms with Crippen LogP contribution in [0.5, 0.6) is 0 Å². The van der Waals surface area contributed by atoms with E-state index in [0.717, 1.165) is 27.7 Å². The molecule has 0 amide bonds. The molecule has 0 radical (unpaired) electrons. The van der Waals surface area contributed by atoms with Gasteiger partial charge in [-0.1, -0.05) is 29.8 Å². The van der Waals surface area contributed by atoms with Crippen molar-refractivity contribution in [1.29, 1.82) is 0 Å². The SMILES string of the molecule is CC1=C(c2ccc(Cl)cc2)N=C2C=CN(c3cccc(F)c3CO)C[NH+]21. The van der Waals surface area contributed by atoms with Crippen LogP contribution in [0.4, 0.5) is 10.1 Å². The van der Waals surface area contributed by atoms with Gasteiger partial charge in [-0.2, -0.15) is 4.99 Å². The van der Waals surface area contributed by atoms with Gasteiger partial charge >= 0.3 is 0 Å². The summed E-state index contributed by atoms with van der Waals surface area (Å²) in [5.74, 6) is 0.522. The van der Waals surface area contributed by atoms with Gasteiger partial charge in [0, 0.05) is 35.3 Å². The van der Waals surface area contributed by atoms with E-state index in [1.165, 1.54) is 6.07 Å². The molecule has 6 heteroatoms. The lowest BCUT2D eigenvalue weighted by atomic mass is 10.1. The van der Waals surface area contributed by atoms with Crippen molar-refractivity contribution in [3.05, 3.63) is 82.4 Å². The summed E-state index contributed by atoms with van der Waals surface area (Å²) in [6, 6.07) is 12.5. The van der Waals surface area contributed by atoms with Crippen molar-refractivity contribution in [2.45, 2.75) is 13.5 Å².